The average molecular weight is 557 g/mol. The molecule has 0 saturated carbocycles. The van der Waals surface area contributed by atoms with E-state index in [1.807, 2.05) is 0 Å². The molecule has 0 aliphatic rings. The van der Waals surface area contributed by atoms with Crippen LogP contribution in [0.4, 0.5) is 22.7 Å². The van der Waals surface area contributed by atoms with Crippen LogP contribution in [0.5, 0.6) is 0 Å². The van der Waals surface area contributed by atoms with E-state index in [1.54, 1.807) is 60.7 Å². The summed E-state index contributed by atoms with van der Waals surface area (Å²) in [7, 11) is 0. The first-order valence-electron chi connectivity index (χ1n) is 10.4. The molecule has 0 spiro atoms. The normalized spacial score (nSPS) is 10.2. The van der Waals surface area contributed by atoms with Crippen LogP contribution in [0.15, 0.2) is 84.9 Å². The summed E-state index contributed by atoms with van der Waals surface area (Å²) in [6.07, 6.45) is 0. The predicted octanol–water partition coefficient (Wildman–Crippen LogP) is 7.65. The van der Waals surface area contributed by atoms with E-state index in [1.165, 1.54) is 6.07 Å². The Kier molecular flexibility index (Phi) is 8.63. The van der Waals surface area contributed by atoms with Gasteiger partial charge in [-0.15, -0.1) is 0 Å². The molecule has 4 aromatic rings. The maximum atomic E-state index is 11.4. The van der Waals surface area contributed by atoms with E-state index in [4.69, 9.17) is 23.2 Å². The number of rotatable bonds is 6. The molecule has 0 heterocycles. The fraction of sp³-hybridized carbons (Fsp3) is 0. The molecule has 14 heteroatoms. The van der Waals surface area contributed by atoms with Gasteiger partial charge in [0.25, 0.3) is 22.7 Å². The highest BCUT2D eigenvalue weighted by Crippen LogP contribution is 2.40. The van der Waals surface area contributed by atoms with Crippen LogP contribution in [0.3, 0.4) is 0 Å². The van der Waals surface area contributed by atoms with Crippen molar-refractivity contribution in [2.75, 3.05) is 0 Å². The Morgan fingerprint density at radius 2 is 0.763 bits per heavy atom. The van der Waals surface area contributed by atoms with Crippen molar-refractivity contribution in [3.8, 4) is 22.3 Å². The Bertz CT molecular complexity index is 1440. The zero-order valence-corrected chi connectivity index (χ0v) is 20.4. The van der Waals surface area contributed by atoms with E-state index in [0.29, 0.717) is 22.3 Å². The molecule has 4 aromatic carbocycles. The van der Waals surface area contributed by atoms with Crippen LogP contribution in [0.1, 0.15) is 0 Å². The minimum absolute atomic E-state index is 0.231. The van der Waals surface area contributed by atoms with E-state index in [2.05, 4.69) is 0 Å². The summed E-state index contributed by atoms with van der Waals surface area (Å²) < 4.78 is 0. The van der Waals surface area contributed by atoms with E-state index < -0.39 is 31.1 Å². The topological polar surface area (TPSA) is 173 Å². The average Bonchev–Trinajstić information content (AvgIpc) is 2.88. The van der Waals surface area contributed by atoms with Crippen molar-refractivity contribution in [1.29, 1.82) is 0 Å². The lowest BCUT2D eigenvalue weighted by molar-refractivity contribution is -0.394. The van der Waals surface area contributed by atoms with Gasteiger partial charge in [-0.05, 0) is 23.3 Å². The molecule has 0 amide bonds. The van der Waals surface area contributed by atoms with Crippen molar-refractivity contribution in [3.05, 3.63) is 135 Å². The van der Waals surface area contributed by atoms with Crippen LogP contribution in [-0.4, -0.2) is 19.7 Å². The predicted molar refractivity (Wildman–Crippen MR) is 140 cm³/mol. The van der Waals surface area contributed by atoms with Crippen LogP contribution in [0.25, 0.3) is 22.3 Å². The van der Waals surface area contributed by atoms with E-state index in [0.717, 1.165) is 18.2 Å². The third-order valence-electron chi connectivity index (χ3n) is 5.09. The van der Waals surface area contributed by atoms with Gasteiger partial charge in [-0.2, -0.15) is 0 Å². The molecule has 0 aromatic heterocycles. The molecule has 0 radical (unpaired) electrons. The molecule has 0 unspecified atom stereocenters. The van der Waals surface area contributed by atoms with E-state index in [-0.39, 0.29) is 21.4 Å². The van der Waals surface area contributed by atoms with Crippen molar-refractivity contribution in [1.82, 2.24) is 0 Å². The van der Waals surface area contributed by atoms with Gasteiger partial charge in [0.2, 0.25) is 0 Å². The third kappa shape index (κ3) is 6.24. The second kappa shape index (κ2) is 11.9. The maximum absolute atomic E-state index is 11.4. The van der Waals surface area contributed by atoms with Gasteiger partial charge in [0.1, 0.15) is 10.0 Å². The molecular formula is C24H14Cl2N4O8. The summed E-state index contributed by atoms with van der Waals surface area (Å²) in [4.78, 5) is 40.7. The number of hydrogen-bond acceptors (Lipinski definition) is 8. The lowest BCUT2D eigenvalue weighted by Gasteiger charge is -2.08. The Balaban J connectivity index is 0.000000244. The van der Waals surface area contributed by atoms with Crippen LogP contribution in [0.2, 0.25) is 10.0 Å². The van der Waals surface area contributed by atoms with Gasteiger partial charge in [0.15, 0.2) is 0 Å². The Morgan fingerprint density at radius 3 is 1.08 bits per heavy atom. The molecule has 0 saturated heterocycles. The second-order valence-electron chi connectivity index (χ2n) is 7.40. The first-order chi connectivity index (χ1) is 18.0. The summed E-state index contributed by atoms with van der Waals surface area (Å²) in [5.74, 6) is 0. The fourth-order valence-corrected chi connectivity index (χ4v) is 3.90. The smallest absolute Gasteiger partial charge is 0.258 e. The zero-order chi connectivity index (χ0) is 28.0. The standard InChI is InChI=1S/C18H12N2O4.C6H2Cl2N2O4/c21-19(22)17-12-18(20(23)24)16(14-9-5-2-6-10-14)11-15(17)13-7-3-1-4-8-13;7-3-1-4(8)6(10(13)14)2-5(3)9(11)12/h1-12H;1-2H. The summed E-state index contributed by atoms with van der Waals surface area (Å²) in [5.41, 5.74) is 0.327. The molecule has 0 aliphatic carbocycles. The van der Waals surface area contributed by atoms with Gasteiger partial charge in [-0.3, -0.25) is 40.5 Å². The zero-order valence-electron chi connectivity index (χ0n) is 18.9. The van der Waals surface area contributed by atoms with Crippen molar-refractivity contribution >= 4 is 46.0 Å². The van der Waals surface area contributed by atoms with Gasteiger partial charge >= 0.3 is 0 Å². The molecule has 12 nitrogen and oxygen atoms in total. The highest BCUT2D eigenvalue weighted by molar-refractivity contribution is 6.37. The highest BCUT2D eigenvalue weighted by Gasteiger charge is 2.26. The Morgan fingerprint density at radius 1 is 0.447 bits per heavy atom. The number of nitrogens with zero attached hydrogens (tertiary/aromatic N) is 4. The van der Waals surface area contributed by atoms with Crippen LogP contribution >= 0.6 is 23.2 Å². The largest absolute Gasteiger partial charge is 0.294 e. The van der Waals surface area contributed by atoms with Crippen molar-refractivity contribution in [3.63, 3.8) is 0 Å². The SMILES string of the molecule is O=[N+]([O-])c1cc([N+](=O)[O-])c(-c2ccccc2)cc1-c1ccccc1.O=[N+]([O-])c1cc([N+](=O)[O-])c(Cl)cc1Cl. The molecule has 0 aliphatic heterocycles. The number of hydrogen-bond donors (Lipinski definition) is 0. The van der Waals surface area contributed by atoms with Crippen LogP contribution < -0.4 is 0 Å². The fourth-order valence-electron chi connectivity index (χ4n) is 3.38. The molecule has 4 rings (SSSR count). The number of nitro groups is 4. The van der Waals surface area contributed by atoms with Crippen molar-refractivity contribution in [2.24, 2.45) is 0 Å². The quantitative estimate of drug-likeness (QED) is 0.172. The number of halogens is 2. The molecule has 0 N–H and O–H groups in total. The van der Waals surface area contributed by atoms with Crippen LogP contribution in [-0.2, 0) is 0 Å². The van der Waals surface area contributed by atoms with E-state index >= 15 is 0 Å². The summed E-state index contributed by atoms with van der Waals surface area (Å²) in [5, 5.41) is 43.1. The minimum Gasteiger partial charge on any atom is -0.258 e. The lowest BCUT2D eigenvalue weighted by Crippen LogP contribution is -1.98. The first-order valence-corrected chi connectivity index (χ1v) is 11.1. The molecule has 0 fully saturated rings. The number of nitro benzene ring substituents is 4. The molecular weight excluding hydrogens is 543 g/mol. The summed E-state index contributed by atoms with van der Waals surface area (Å²) in [6.45, 7) is 0. The molecule has 0 bridgehead atoms. The van der Waals surface area contributed by atoms with Gasteiger partial charge in [-0.1, -0.05) is 83.9 Å². The monoisotopic (exact) mass is 556 g/mol. The van der Waals surface area contributed by atoms with Gasteiger partial charge in [-0.25, -0.2) is 0 Å². The Hall–Kier alpha value is -4.94. The van der Waals surface area contributed by atoms with Crippen LogP contribution in [0, 0.1) is 40.5 Å². The van der Waals surface area contributed by atoms with Gasteiger partial charge in [0, 0.05) is 0 Å². The lowest BCUT2D eigenvalue weighted by atomic mass is 9.96. The van der Waals surface area contributed by atoms with Crippen molar-refractivity contribution < 1.29 is 19.7 Å². The molecule has 0 atom stereocenters. The third-order valence-corrected chi connectivity index (χ3v) is 5.69. The summed E-state index contributed by atoms with van der Waals surface area (Å²) >= 11 is 10.9. The minimum atomic E-state index is -0.814. The van der Waals surface area contributed by atoms with Crippen molar-refractivity contribution in [2.45, 2.75) is 0 Å². The Labute approximate surface area is 223 Å². The number of benzene rings is 4. The molecule has 192 valence electrons. The highest BCUT2D eigenvalue weighted by atomic mass is 35.5. The van der Waals surface area contributed by atoms with E-state index in [9.17, 15) is 40.5 Å². The molecule has 38 heavy (non-hydrogen) atoms. The summed E-state index contributed by atoms with van der Waals surface area (Å²) in [6, 6.07) is 21.9. The second-order valence-corrected chi connectivity index (χ2v) is 8.22. The maximum Gasteiger partial charge on any atom is 0.294 e. The first kappa shape index (κ1) is 27.6. The van der Waals surface area contributed by atoms with Gasteiger partial charge < -0.3 is 0 Å². The van der Waals surface area contributed by atoms with Gasteiger partial charge in [0.05, 0.1) is 43.0 Å².